The SMILES string of the molecule is Cc1noc(CCNC2CC(c3ccccc3F)C2)n1. The van der Waals surface area contributed by atoms with Crippen LogP contribution < -0.4 is 5.32 Å². The number of hydrogen-bond donors (Lipinski definition) is 1. The maximum atomic E-state index is 13.6. The van der Waals surface area contributed by atoms with E-state index in [-0.39, 0.29) is 5.82 Å². The van der Waals surface area contributed by atoms with Crippen molar-refractivity contribution >= 4 is 0 Å². The Hall–Kier alpha value is -1.75. The van der Waals surface area contributed by atoms with Gasteiger partial charge in [0.2, 0.25) is 5.89 Å². The van der Waals surface area contributed by atoms with Crippen LogP contribution in [0, 0.1) is 12.7 Å². The monoisotopic (exact) mass is 275 g/mol. The van der Waals surface area contributed by atoms with Crippen molar-refractivity contribution in [3.63, 3.8) is 0 Å². The van der Waals surface area contributed by atoms with E-state index in [2.05, 4.69) is 15.5 Å². The van der Waals surface area contributed by atoms with Crippen LogP contribution in [0.25, 0.3) is 0 Å². The van der Waals surface area contributed by atoms with E-state index < -0.39 is 0 Å². The molecule has 1 aliphatic carbocycles. The lowest BCUT2D eigenvalue weighted by atomic mass is 9.75. The van der Waals surface area contributed by atoms with E-state index in [4.69, 9.17) is 4.52 Å². The summed E-state index contributed by atoms with van der Waals surface area (Å²) in [7, 11) is 0. The quantitative estimate of drug-likeness (QED) is 0.911. The first kappa shape index (κ1) is 13.2. The fourth-order valence-corrected chi connectivity index (χ4v) is 2.67. The van der Waals surface area contributed by atoms with Gasteiger partial charge in [0.1, 0.15) is 5.82 Å². The predicted octanol–water partition coefficient (Wildman–Crippen LogP) is 2.60. The van der Waals surface area contributed by atoms with E-state index >= 15 is 0 Å². The van der Waals surface area contributed by atoms with Crippen LogP contribution in [0.3, 0.4) is 0 Å². The average Bonchev–Trinajstić information content (AvgIpc) is 2.79. The molecule has 0 unspecified atom stereocenters. The molecule has 20 heavy (non-hydrogen) atoms. The summed E-state index contributed by atoms with van der Waals surface area (Å²) in [5, 5.41) is 7.20. The van der Waals surface area contributed by atoms with E-state index in [1.165, 1.54) is 6.07 Å². The number of hydrogen-bond acceptors (Lipinski definition) is 4. The van der Waals surface area contributed by atoms with E-state index in [9.17, 15) is 4.39 Å². The summed E-state index contributed by atoms with van der Waals surface area (Å²) in [4.78, 5) is 4.16. The van der Waals surface area contributed by atoms with Crippen molar-refractivity contribution in [1.29, 1.82) is 0 Å². The van der Waals surface area contributed by atoms with E-state index in [1.807, 2.05) is 19.1 Å². The van der Waals surface area contributed by atoms with Crippen LogP contribution >= 0.6 is 0 Å². The first-order valence-electron chi connectivity index (χ1n) is 6.99. The molecule has 1 aliphatic rings. The normalized spacial score (nSPS) is 21.7. The fraction of sp³-hybridized carbons (Fsp3) is 0.467. The molecule has 0 bridgehead atoms. The number of rotatable bonds is 5. The van der Waals surface area contributed by atoms with Crippen molar-refractivity contribution in [2.75, 3.05) is 6.54 Å². The Labute approximate surface area is 117 Å². The molecule has 0 amide bonds. The summed E-state index contributed by atoms with van der Waals surface area (Å²) in [6, 6.07) is 7.52. The molecular formula is C15H18FN3O. The second kappa shape index (κ2) is 5.71. The summed E-state index contributed by atoms with van der Waals surface area (Å²) >= 11 is 0. The molecule has 1 N–H and O–H groups in total. The fourth-order valence-electron chi connectivity index (χ4n) is 2.67. The second-order valence-corrected chi connectivity index (χ2v) is 5.33. The molecule has 106 valence electrons. The summed E-state index contributed by atoms with van der Waals surface area (Å²) in [5.74, 6) is 1.60. The molecule has 0 aliphatic heterocycles. The molecule has 0 spiro atoms. The van der Waals surface area contributed by atoms with Gasteiger partial charge in [-0.25, -0.2) is 4.39 Å². The minimum Gasteiger partial charge on any atom is -0.339 e. The van der Waals surface area contributed by atoms with Crippen molar-refractivity contribution in [2.24, 2.45) is 0 Å². The standard InChI is InChI=1S/C15H18FN3O/c1-10-18-15(20-19-10)6-7-17-12-8-11(9-12)13-4-2-3-5-14(13)16/h2-5,11-12,17H,6-9H2,1H3. The number of benzene rings is 1. The minimum atomic E-state index is -0.0858. The number of nitrogens with zero attached hydrogens (tertiary/aromatic N) is 2. The Balaban J connectivity index is 1.41. The average molecular weight is 275 g/mol. The van der Waals surface area contributed by atoms with Crippen LogP contribution in [0.2, 0.25) is 0 Å². The highest BCUT2D eigenvalue weighted by Gasteiger charge is 2.31. The van der Waals surface area contributed by atoms with Gasteiger partial charge in [-0.05, 0) is 37.3 Å². The predicted molar refractivity (Wildman–Crippen MR) is 72.9 cm³/mol. The molecule has 1 saturated carbocycles. The van der Waals surface area contributed by atoms with E-state index in [0.29, 0.717) is 23.7 Å². The van der Waals surface area contributed by atoms with Gasteiger partial charge in [-0.3, -0.25) is 0 Å². The van der Waals surface area contributed by atoms with Gasteiger partial charge in [-0.1, -0.05) is 23.4 Å². The highest BCUT2D eigenvalue weighted by Crippen LogP contribution is 2.37. The molecule has 1 heterocycles. The van der Waals surface area contributed by atoms with Crippen LogP contribution in [0.15, 0.2) is 28.8 Å². The first-order chi connectivity index (χ1) is 9.72. The Morgan fingerprint density at radius 1 is 1.35 bits per heavy atom. The van der Waals surface area contributed by atoms with E-state index in [0.717, 1.165) is 31.4 Å². The Bertz CT molecular complexity index is 578. The molecular weight excluding hydrogens is 257 g/mol. The number of nitrogens with one attached hydrogen (secondary N) is 1. The number of halogens is 1. The van der Waals surface area contributed by atoms with Crippen LogP contribution in [0.1, 0.15) is 36.0 Å². The molecule has 4 nitrogen and oxygen atoms in total. The van der Waals surface area contributed by atoms with Crippen molar-refractivity contribution in [1.82, 2.24) is 15.5 Å². The zero-order valence-electron chi connectivity index (χ0n) is 11.5. The number of aromatic nitrogens is 2. The molecule has 1 fully saturated rings. The summed E-state index contributed by atoms with van der Waals surface area (Å²) < 4.78 is 18.7. The Kier molecular flexibility index (Phi) is 3.78. The zero-order valence-corrected chi connectivity index (χ0v) is 11.5. The molecule has 1 aromatic heterocycles. The second-order valence-electron chi connectivity index (χ2n) is 5.33. The van der Waals surface area contributed by atoms with Gasteiger partial charge in [-0.15, -0.1) is 0 Å². The smallest absolute Gasteiger partial charge is 0.227 e. The maximum Gasteiger partial charge on any atom is 0.227 e. The van der Waals surface area contributed by atoms with Crippen LogP contribution in [0.5, 0.6) is 0 Å². The molecule has 0 atom stereocenters. The first-order valence-corrected chi connectivity index (χ1v) is 6.99. The minimum absolute atomic E-state index is 0.0858. The maximum absolute atomic E-state index is 13.6. The van der Waals surface area contributed by atoms with E-state index in [1.54, 1.807) is 6.07 Å². The third kappa shape index (κ3) is 2.88. The lowest BCUT2D eigenvalue weighted by molar-refractivity contribution is 0.282. The van der Waals surface area contributed by atoms with Crippen LogP contribution in [-0.2, 0) is 6.42 Å². The van der Waals surface area contributed by atoms with Gasteiger partial charge in [0.25, 0.3) is 0 Å². The van der Waals surface area contributed by atoms with Crippen molar-refractivity contribution in [3.05, 3.63) is 47.4 Å². The molecule has 0 saturated heterocycles. The van der Waals surface area contributed by atoms with Gasteiger partial charge in [0.15, 0.2) is 5.82 Å². The van der Waals surface area contributed by atoms with Gasteiger partial charge in [-0.2, -0.15) is 4.98 Å². The lowest BCUT2D eigenvalue weighted by Crippen LogP contribution is -2.41. The van der Waals surface area contributed by atoms with Gasteiger partial charge >= 0.3 is 0 Å². The highest BCUT2D eigenvalue weighted by molar-refractivity contribution is 5.24. The third-order valence-electron chi connectivity index (χ3n) is 3.82. The van der Waals surface area contributed by atoms with Crippen LogP contribution in [0.4, 0.5) is 4.39 Å². The molecule has 0 radical (unpaired) electrons. The lowest BCUT2D eigenvalue weighted by Gasteiger charge is -2.36. The molecule has 5 heteroatoms. The molecule has 3 rings (SSSR count). The largest absolute Gasteiger partial charge is 0.339 e. The Morgan fingerprint density at radius 3 is 2.85 bits per heavy atom. The number of aryl methyl sites for hydroxylation is 1. The van der Waals surface area contributed by atoms with Crippen LogP contribution in [-0.4, -0.2) is 22.7 Å². The van der Waals surface area contributed by atoms with Gasteiger partial charge in [0.05, 0.1) is 0 Å². The summed E-state index contributed by atoms with van der Waals surface area (Å²) in [6.07, 6.45) is 2.72. The van der Waals surface area contributed by atoms with Gasteiger partial charge < -0.3 is 9.84 Å². The Morgan fingerprint density at radius 2 is 2.15 bits per heavy atom. The summed E-state index contributed by atoms with van der Waals surface area (Å²) in [6.45, 7) is 2.63. The van der Waals surface area contributed by atoms with Crippen molar-refractivity contribution in [2.45, 2.75) is 38.1 Å². The topological polar surface area (TPSA) is 51.0 Å². The third-order valence-corrected chi connectivity index (χ3v) is 3.82. The summed E-state index contributed by atoms with van der Waals surface area (Å²) in [5.41, 5.74) is 0.845. The van der Waals surface area contributed by atoms with Crippen molar-refractivity contribution in [3.8, 4) is 0 Å². The molecule has 2 aromatic rings. The zero-order chi connectivity index (χ0) is 13.9. The highest BCUT2D eigenvalue weighted by atomic mass is 19.1. The molecule has 1 aromatic carbocycles. The van der Waals surface area contributed by atoms with Crippen molar-refractivity contribution < 1.29 is 8.91 Å². The van der Waals surface area contributed by atoms with Gasteiger partial charge in [0, 0.05) is 19.0 Å².